The Labute approximate surface area is 146 Å². The minimum Gasteiger partial charge on any atom is -0.325 e. The number of rotatable bonds is 3. The summed E-state index contributed by atoms with van der Waals surface area (Å²) in [5.74, 6) is -2.43. The molecule has 1 N–H and O–H groups in total. The first-order chi connectivity index (χ1) is 12.3. The van der Waals surface area contributed by atoms with Gasteiger partial charge in [0.1, 0.15) is 5.82 Å². The number of para-hydroxylation sites is 1. The third-order valence-corrected chi connectivity index (χ3v) is 4.11. The predicted octanol–water partition coefficient (Wildman–Crippen LogP) is 3.84. The summed E-state index contributed by atoms with van der Waals surface area (Å²) in [6.45, 7) is -0.0255. The number of nitrogens with zero attached hydrogens (tertiary/aromatic N) is 1. The summed E-state index contributed by atoms with van der Waals surface area (Å²) in [6.07, 6.45) is -4.76. The Morgan fingerprint density at radius 3 is 2.54 bits per heavy atom. The van der Waals surface area contributed by atoms with Gasteiger partial charge in [-0.15, -0.1) is 0 Å². The second kappa shape index (κ2) is 6.78. The van der Waals surface area contributed by atoms with E-state index < -0.39 is 29.4 Å². The van der Waals surface area contributed by atoms with Crippen molar-refractivity contribution in [2.75, 3.05) is 16.8 Å². The highest BCUT2D eigenvalue weighted by Gasteiger charge is 2.37. The van der Waals surface area contributed by atoms with Crippen molar-refractivity contribution >= 4 is 23.2 Å². The van der Waals surface area contributed by atoms with Gasteiger partial charge in [0.2, 0.25) is 11.8 Å². The van der Waals surface area contributed by atoms with Gasteiger partial charge in [-0.25, -0.2) is 4.39 Å². The van der Waals surface area contributed by atoms with Gasteiger partial charge in [-0.05, 0) is 30.3 Å². The number of hydrogen-bond acceptors (Lipinski definition) is 2. The molecule has 0 aromatic heterocycles. The summed E-state index contributed by atoms with van der Waals surface area (Å²) >= 11 is 0. The molecule has 8 heteroatoms. The summed E-state index contributed by atoms with van der Waals surface area (Å²) in [5.41, 5.74) is -1.01. The van der Waals surface area contributed by atoms with Gasteiger partial charge in [0.25, 0.3) is 0 Å². The molecule has 2 aromatic carbocycles. The SMILES string of the molecule is O=C(Nc1ccccc1C(F)(F)F)C1CC(=O)N(c2cccc(F)c2)C1. The Kier molecular flexibility index (Phi) is 4.67. The smallest absolute Gasteiger partial charge is 0.325 e. The maximum atomic E-state index is 13.3. The maximum absolute atomic E-state index is 13.3. The largest absolute Gasteiger partial charge is 0.418 e. The quantitative estimate of drug-likeness (QED) is 0.840. The Hall–Kier alpha value is -2.90. The molecule has 1 saturated heterocycles. The molecule has 1 aliphatic rings. The van der Waals surface area contributed by atoms with Crippen molar-refractivity contribution in [3.8, 4) is 0 Å². The molecule has 1 heterocycles. The topological polar surface area (TPSA) is 49.4 Å². The first-order valence-electron chi connectivity index (χ1n) is 7.79. The highest BCUT2D eigenvalue weighted by molar-refractivity contribution is 6.03. The van der Waals surface area contributed by atoms with E-state index >= 15 is 0 Å². The molecule has 0 bridgehead atoms. The normalized spacial score (nSPS) is 17.5. The second-order valence-electron chi connectivity index (χ2n) is 5.92. The monoisotopic (exact) mass is 366 g/mol. The van der Waals surface area contributed by atoms with Gasteiger partial charge in [0.15, 0.2) is 0 Å². The fourth-order valence-electron chi connectivity index (χ4n) is 2.85. The highest BCUT2D eigenvalue weighted by atomic mass is 19.4. The van der Waals surface area contributed by atoms with Crippen LogP contribution in [0.5, 0.6) is 0 Å². The van der Waals surface area contributed by atoms with Gasteiger partial charge < -0.3 is 10.2 Å². The van der Waals surface area contributed by atoms with E-state index in [0.29, 0.717) is 5.69 Å². The Bertz CT molecular complexity index is 851. The fraction of sp³-hybridized carbons (Fsp3) is 0.222. The summed E-state index contributed by atoms with van der Waals surface area (Å²) in [5, 5.41) is 2.25. The summed E-state index contributed by atoms with van der Waals surface area (Å²) in [4.78, 5) is 25.7. The van der Waals surface area contributed by atoms with Crippen molar-refractivity contribution in [3.05, 3.63) is 59.9 Å². The molecule has 0 spiro atoms. The fourth-order valence-corrected chi connectivity index (χ4v) is 2.85. The lowest BCUT2D eigenvalue weighted by Crippen LogP contribution is -2.28. The number of carbonyl (C=O) groups excluding carboxylic acids is 2. The van der Waals surface area contributed by atoms with Crippen LogP contribution < -0.4 is 10.2 Å². The minimum atomic E-state index is -4.61. The number of anilines is 2. The molecule has 1 unspecified atom stereocenters. The Morgan fingerprint density at radius 1 is 1.12 bits per heavy atom. The van der Waals surface area contributed by atoms with Crippen molar-refractivity contribution in [1.29, 1.82) is 0 Å². The van der Waals surface area contributed by atoms with E-state index in [9.17, 15) is 27.2 Å². The number of alkyl halides is 3. The van der Waals surface area contributed by atoms with Crippen molar-refractivity contribution in [3.63, 3.8) is 0 Å². The van der Waals surface area contributed by atoms with Crippen LogP contribution in [-0.4, -0.2) is 18.4 Å². The average Bonchev–Trinajstić information content (AvgIpc) is 2.96. The van der Waals surface area contributed by atoms with Crippen molar-refractivity contribution in [2.24, 2.45) is 5.92 Å². The van der Waals surface area contributed by atoms with E-state index in [4.69, 9.17) is 0 Å². The van der Waals surface area contributed by atoms with E-state index in [1.165, 1.54) is 35.2 Å². The molecule has 1 fully saturated rings. The first kappa shape index (κ1) is 17.9. The van der Waals surface area contributed by atoms with Crippen LogP contribution in [0.15, 0.2) is 48.5 Å². The van der Waals surface area contributed by atoms with Gasteiger partial charge in [-0.1, -0.05) is 18.2 Å². The number of amides is 2. The number of benzene rings is 2. The average molecular weight is 366 g/mol. The van der Waals surface area contributed by atoms with Crippen LogP contribution in [-0.2, 0) is 15.8 Å². The van der Waals surface area contributed by atoms with Gasteiger partial charge >= 0.3 is 6.18 Å². The van der Waals surface area contributed by atoms with Crippen molar-refractivity contribution in [2.45, 2.75) is 12.6 Å². The molecule has 1 aliphatic heterocycles. The Balaban J connectivity index is 1.75. The molecular formula is C18H14F4N2O2. The number of carbonyl (C=O) groups is 2. The third kappa shape index (κ3) is 3.68. The molecule has 0 saturated carbocycles. The van der Waals surface area contributed by atoms with Crippen LogP contribution in [0, 0.1) is 11.7 Å². The zero-order valence-electron chi connectivity index (χ0n) is 13.4. The maximum Gasteiger partial charge on any atom is 0.418 e. The van der Waals surface area contributed by atoms with Crippen molar-refractivity contribution in [1.82, 2.24) is 0 Å². The third-order valence-electron chi connectivity index (χ3n) is 4.11. The summed E-state index contributed by atoms with van der Waals surface area (Å²) in [6, 6.07) is 9.98. The molecule has 2 aromatic rings. The van der Waals surface area contributed by atoms with Gasteiger partial charge in [0.05, 0.1) is 17.2 Å². The van der Waals surface area contributed by atoms with E-state index in [1.54, 1.807) is 0 Å². The lowest BCUT2D eigenvalue weighted by atomic mass is 10.1. The zero-order valence-corrected chi connectivity index (χ0v) is 13.4. The molecule has 4 nitrogen and oxygen atoms in total. The van der Waals surface area contributed by atoms with E-state index in [0.717, 1.165) is 18.2 Å². The first-order valence-corrected chi connectivity index (χ1v) is 7.79. The second-order valence-corrected chi connectivity index (χ2v) is 5.92. The molecule has 26 heavy (non-hydrogen) atoms. The lowest BCUT2D eigenvalue weighted by molar-refractivity contribution is -0.137. The zero-order chi connectivity index (χ0) is 18.9. The summed E-state index contributed by atoms with van der Waals surface area (Å²) < 4.78 is 52.4. The van der Waals surface area contributed by atoms with Crippen LogP contribution >= 0.6 is 0 Å². The van der Waals surface area contributed by atoms with Crippen LogP contribution in [0.4, 0.5) is 28.9 Å². The van der Waals surface area contributed by atoms with Crippen molar-refractivity contribution < 1.29 is 27.2 Å². The van der Waals surface area contributed by atoms with E-state index in [1.807, 2.05) is 0 Å². The standard InChI is InChI=1S/C18H14F4N2O2/c19-12-4-3-5-13(9-12)24-10-11(8-16(24)25)17(26)23-15-7-2-1-6-14(15)18(20,21)22/h1-7,9,11H,8,10H2,(H,23,26). The number of nitrogens with one attached hydrogen (secondary N) is 1. The van der Waals surface area contributed by atoms with Crippen LogP contribution in [0.1, 0.15) is 12.0 Å². The number of halogens is 4. The predicted molar refractivity (Wildman–Crippen MR) is 86.9 cm³/mol. The molecule has 2 amide bonds. The molecule has 136 valence electrons. The molecule has 3 rings (SSSR count). The van der Waals surface area contributed by atoms with Crippen LogP contribution in [0.3, 0.4) is 0 Å². The van der Waals surface area contributed by atoms with Gasteiger partial charge in [-0.2, -0.15) is 13.2 Å². The molecular weight excluding hydrogens is 352 g/mol. The molecule has 0 radical (unpaired) electrons. The van der Waals surface area contributed by atoms with Gasteiger partial charge in [-0.3, -0.25) is 9.59 Å². The minimum absolute atomic E-state index is 0.0255. The highest BCUT2D eigenvalue weighted by Crippen LogP contribution is 2.35. The summed E-state index contributed by atoms with van der Waals surface area (Å²) in [7, 11) is 0. The lowest BCUT2D eigenvalue weighted by Gasteiger charge is -2.17. The van der Waals surface area contributed by atoms with Crippen LogP contribution in [0.2, 0.25) is 0 Å². The van der Waals surface area contributed by atoms with Gasteiger partial charge in [0, 0.05) is 18.7 Å². The number of hydrogen-bond donors (Lipinski definition) is 1. The van der Waals surface area contributed by atoms with Crippen LogP contribution in [0.25, 0.3) is 0 Å². The molecule has 0 aliphatic carbocycles. The Morgan fingerprint density at radius 2 is 1.85 bits per heavy atom. The van der Waals surface area contributed by atoms with E-state index in [-0.39, 0.29) is 24.6 Å². The van der Waals surface area contributed by atoms with E-state index in [2.05, 4.69) is 5.32 Å². The molecule has 1 atom stereocenters.